The Kier molecular flexibility index (Phi) is 3.49. The Bertz CT molecular complexity index is 653. The Balaban J connectivity index is 1.63. The van der Waals surface area contributed by atoms with Gasteiger partial charge < -0.3 is 9.64 Å². The number of halogens is 1. The minimum Gasteiger partial charge on any atom is -0.493 e. The van der Waals surface area contributed by atoms with E-state index in [1.807, 2.05) is 29.2 Å². The Labute approximate surface area is 122 Å². The van der Waals surface area contributed by atoms with Gasteiger partial charge in [-0.1, -0.05) is 11.6 Å². The summed E-state index contributed by atoms with van der Waals surface area (Å²) in [6, 6.07) is 7.69. The minimum atomic E-state index is 0.133. The molecule has 1 saturated heterocycles. The molecule has 20 heavy (non-hydrogen) atoms. The summed E-state index contributed by atoms with van der Waals surface area (Å²) in [6.45, 7) is 3.81. The molecule has 3 rings (SSSR count). The molecule has 1 aromatic carbocycles. The lowest BCUT2D eigenvalue weighted by atomic mass is 10.0. The Morgan fingerprint density at radius 1 is 1.45 bits per heavy atom. The van der Waals surface area contributed by atoms with Gasteiger partial charge in [0.1, 0.15) is 10.9 Å². The molecule has 2 heterocycles. The standard InChI is InChI=1S/C15H15ClN2O2/c1-10(19)18-7-11(8-18)9-20-13-2-3-14-12(6-13)4-5-17-15(14)16/h2-6,11H,7-9H2,1H3. The van der Waals surface area contributed by atoms with Crippen LogP contribution in [-0.2, 0) is 4.79 Å². The predicted molar refractivity (Wildman–Crippen MR) is 78.0 cm³/mol. The number of pyridine rings is 1. The highest BCUT2D eigenvalue weighted by Gasteiger charge is 2.28. The van der Waals surface area contributed by atoms with E-state index in [4.69, 9.17) is 16.3 Å². The third-order valence-corrected chi connectivity index (χ3v) is 3.88. The molecule has 0 atom stereocenters. The fourth-order valence-electron chi connectivity index (χ4n) is 2.36. The monoisotopic (exact) mass is 290 g/mol. The predicted octanol–water partition coefficient (Wildman–Crippen LogP) is 2.75. The second-order valence-corrected chi connectivity index (χ2v) is 5.44. The number of aromatic nitrogens is 1. The van der Waals surface area contributed by atoms with Crippen molar-refractivity contribution in [2.75, 3.05) is 19.7 Å². The Morgan fingerprint density at radius 3 is 3.00 bits per heavy atom. The lowest BCUT2D eigenvalue weighted by Crippen LogP contribution is -2.51. The van der Waals surface area contributed by atoms with Gasteiger partial charge in [0.15, 0.2) is 0 Å². The summed E-state index contributed by atoms with van der Waals surface area (Å²) in [7, 11) is 0. The first-order valence-electron chi connectivity index (χ1n) is 6.56. The first-order valence-corrected chi connectivity index (χ1v) is 6.94. The van der Waals surface area contributed by atoms with E-state index in [0.717, 1.165) is 29.6 Å². The topological polar surface area (TPSA) is 42.4 Å². The molecule has 1 amide bonds. The van der Waals surface area contributed by atoms with E-state index in [1.165, 1.54) is 0 Å². The molecule has 1 aromatic heterocycles. The van der Waals surface area contributed by atoms with E-state index in [0.29, 0.717) is 17.7 Å². The number of fused-ring (bicyclic) bond motifs is 1. The van der Waals surface area contributed by atoms with Crippen molar-refractivity contribution >= 4 is 28.3 Å². The van der Waals surface area contributed by atoms with Gasteiger partial charge in [0, 0.05) is 37.5 Å². The van der Waals surface area contributed by atoms with Crippen molar-refractivity contribution in [3.05, 3.63) is 35.6 Å². The van der Waals surface area contributed by atoms with Crippen LogP contribution >= 0.6 is 11.6 Å². The molecule has 0 spiro atoms. The summed E-state index contributed by atoms with van der Waals surface area (Å²) >= 11 is 6.02. The lowest BCUT2D eigenvalue weighted by molar-refractivity contribution is -0.135. The smallest absolute Gasteiger partial charge is 0.219 e. The average Bonchev–Trinajstić information content (AvgIpc) is 2.36. The van der Waals surface area contributed by atoms with E-state index in [-0.39, 0.29) is 5.91 Å². The number of hydrogen-bond donors (Lipinski definition) is 0. The SMILES string of the molecule is CC(=O)N1CC(COc2ccc3c(Cl)nccc3c2)C1. The van der Waals surface area contributed by atoms with Crippen molar-refractivity contribution in [2.24, 2.45) is 5.92 Å². The number of likely N-dealkylation sites (tertiary alicyclic amines) is 1. The van der Waals surface area contributed by atoms with Gasteiger partial charge in [0.2, 0.25) is 5.91 Å². The molecule has 0 bridgehead atoms. The third-order valence-electron chi connectivity index (χ3n) is 3.58. The van der Waals surface area contributed by atoms with E-state index >= 15 is 0 Å². The number of benzene rings is 1. The first-order chi connectivity index (χ1) is 9.63. The van der Waals surface area contributed by atoms with Crippen LogP contribution in [0.5, 0.6) is 5.75 Å². The van der Waals surface area contributed by atoms with Crippen LogP contribution in [0.25, 0.3) is 10.8 Å². The fraction of sp³-hybridized carbons (Fsp3) is 0.333. The van der Waals surface area contributed by atoms with Gasteiger partial charge in [-0.15, -0.1) is 0 Å². The Hall–Kier alpha value is -1.81. The molecule has 104 valence electrons. The van der Waals surface area contributed by atoms with Crippen molar-refractivity contribution in [2.45, 2.75) is 6.92 Å². The number of carbonyl (C=O) groups excluding carboxylic acids is 1. The van der Waals surface area contributed by atoms with E-state index in [1.54, 1.807) is 13.1 Å². The van der Waals surface area contributed by atoms with Gasteiger partial charge in [0.05, 0.1) is 6.61 Å². The van der Waals surface area contributed by atoms with E-state index in [9.17, 15) is 4.79 Å². The van der Waals surface area contributed by atoms with Crippen molar-refractivity contribution in [1.29, 1.82) is 0 Å². The van der Waals surface area contributed by atoms with Crippen LogP contribution in [-0.4, -0.2) is 35.5 Å². The maximum Gasteiger partial charge on any atom is 0.219 e. The molecule has 0 N–H and O–H groups in total. The zero-order chi connectivity index (χ0) is 14.1. The molecular formula is C15H15ClN2O2. The van der Waals surface area contributed by atoms with Crippen molar-refractivity contribution < 1.29 is 9.53 Å². The number of carbonyl (C=O) groups is 1. The Morgan fingerprint density at radius 2 is 2.25 bits per heavy atom. The number of nitrogens with zero attached hydrogens (tertiary/aromatic N) is 2. The highest BCUT2D eigenvalue weighted by molar-refractivity contribution is 6.34. The highest BCUT2D eigenvalue weighted by Crippen LogP contribution is 2.26. The number of amides is 1. The zero-order valence-electron chi connectivity index (χ0n) is 11.2. The van der Waals surface area contributed by atoms with Crippen LogP contribution < -0.4 is 4.74 Å². The number of rotatable bonds is 3. The maximum absolute atomic E-state index is 11.1. The number of ether oxygens (including phenoxy) is 1. The molecule has 4 nitrogen and oxygen atoms in total. The molecule has 2 aromatic rings. The fourth-order valence-corrected chi connectivity index (χ4v) is 2.58. The lowest BCUT2D eigenvalue weighted by Gasteiger charge is -2.38. The normalized spacial score (nSPS) is 15.2. The van der Waals surface area contributed by atoms with Crippen molar-refractivity contribution in [1.82, 2.24) is 9.88 Å². The molecule has 5 heteroatoms. The summed E-state index contributed by atoms with van der Waals surface area (Å²) in [6.07, 6.45) is 1.69. The van der Waals surface area contributed by atoms with Crippen molar-refractivity contribution in [3.8, 4) is 5.75 Å². The van der Waals surface area contributed by atoms with Gasteiger partial charge in [-0.2, -0.15) is 0 Å². The van der Waals surface area contributed by atoms with Gasteiger partial charge in [-0.05, 0) is 29.7 Å². The van der Waals surface area contributed by atoms with Crippen LogP contribution in [0.2, 0.25) is 5.15 Å². The first kappa shape index (κ1) is 13.2. The molecule has 0 saturated carbocycles. The largest absolute Gasteiger partial charge is 0.493 e. The molecule has 0 radical (unpaired) electrons. The molecule has 0 unspecified atom stereocenters. The highest BCUT2D eigenvalue weighted by atomic mass is 35.5. The quantitative estimate of drug-likeness (QED) is 0.816. The van der Waals surface area contributed by atoms with Crippen LogP contribution in [0.1, 0.15) is 6.92 Å². The minimum absolute atomic E-state index is 0.133. The average molecular weight is 291 g/mol. The molecular weight excluding hydrogens is 276 g/mol. The summed E-state index contributed by atoms with van der Waals surface area (Å²) in [5.74, 6) is 1.38. The molecule has 1 aliphatic rings. The summed E-state index contributed by atoms with van der Waals surface area (Å²) in [5, 5.41) is 2.44. The van der Waals surface area contributed by atoms with Gasteiger partial charge in [-0.25, -0.2) is 4.98 Å². The van der Waals surface area contributed by atoms with Crippen LogP contribution in [0.3, 0.4) is 0 Å². The summed E-state index contributed by atoms with van der Waals surface area (Å²) in [4.78, 5) is 17.0. The van der Waals surface area contributed by atoms with Gasteiger partial charge in [-0.3, -0.25) is 4.79 Å². The maximum atomic E-state index is 11.1. The van der Waals surface area contributed by atoms with Gasteiger partial charge >= 0.3 is 0 Å². The van der Waals surface area contributed by atoms with Gasteiger partial charge in [0.25, 0.3) is 0 Å². The van der Waals surface area contributed by atoms with Crippen LogP contribution in [0.4, 0.5) is 0 Å². The van der Waals surface area contributed by atoms with Crippen molar-refractivity contribution in [3.63, 3.8) is 0 Å². The van der Waals surface area contributed by atoms with E-state index < -0.39 is 0 Å². The van der Waals surface area contributed by atoms with E-state index in [2.05, 4.69) is 4.98 Å². The number of hydrogen-bond acceptors (Lipinski definition) is 3. The molecule has 1 fully saturated rings. The van der Waals surface area contributed by atoms with Crippen LogP contribution in [0.15, 0.2) is 30.5 Å². The molecule has 1 aliphatic heterocycles. The zero-order valence-corrected chi connectivity index (χ0v) is 11.9. The summed E-state index contributed by atoms with van der Waals surface area (Å²) in [5.41, 5.74) is 0. The second-order valence-electron chi connectivity index (χ2n) is 5.09. The second kappa shape index (κ2) is 5.29. The third kappa shape index (κ3) is 2.56. The van der Waals surface area contributed by atoms with Crippen LogP contribution in [0, 0.1) is 5.92 Å². The summed E-state index contributed by atoms with van der Waals surface area (Å²) < 4.78 is 5.78. The molecule has 0 aliphatic carbocycles.